The summed E-state index contributed by atoms with van der Waals surface area (Å²) in [5.74, 6) is 1.57. The lowest BCUT2D eigenvalue weighted by molar-refractivity contribution is 0.477. The largest absolute Gasteiger partial charge is 0.456 e. The van der Waals surface area contributed by atoms with Gasteiger partial charge in [-0.2, -0.15) is 0 Å². The maximum absolute atomic E-state index is 6.78. The van der Waals surface area contributed by atoms with Crippen molar-refractivity contribution in [3.8, 4) is 33.8 Å². The molecule has 0 amide bonds. The summed E-state index contributed by atoms with van der Waals surface area (Å²) in [5.41, 5.74) is 15.4. The molecule has 4 nitrogen and oxygen atoms in total. The number of furan rings is 1. The summed E-state index contributed by atoms with van der Waals surface area (Å²) in [4.78, 5) is 4.63. The summed E-state index contributed by atoms with van der Waals surface area (Å²) in [6.45, 7) is 4.66. The zero-order chi connectivity index (χ0) is 36.7. The number of ether oxygens (including phenoxy) is 1. The van der Waals surface area contributed by atoms with Crippen molar-refractivity contribution in [3.63, 3.8) is 0 Å². The Morgan fingerprint density at radius 1 is 0.455 bits per heavy atom. The molecular formula is C51H36N2O2. The predicted molar refractivity (Wildman–Crippen MR) is 226 cm³/mol. The van der Waals surface area contributed by atoms with Gasteiger partial charge in [0.2, 0.25) is 0 Å². The van der Waals surface area contributed by atoms with Crippen LogP contribution in [0.3, 0.4) is 0 Å². The molecule has 1 aromatic heterocycles. The number of rotatable bonds is 5. The van der Waals surface area contributed by atoms with Crippen molar-refractivity contribution in [1.82, 2.24) is 0 Å². The van der Waals surface area contributed by atoms with Gasteiger partial charge >= 0.3 is 0 Å². The van der Waals surface area contributed by atoms with E-state index < -0.39 is 0 Å². The van der Waals surface area contributed by atoms with Crippen molar-refractivity contribution >= 4 is 56.1 Å². The zero-order valence-corrected chi connectivity index (χ0v) is 30.5. The Balaban J connectivity index is 1.08. The van der Waals surface area contributed by atoms with Crippen LogP contribution in [-0.4, -0.2) is 0 Å². The van der Waals surface area contributed by atoms with E-state index in [0.717, 1.165) is 73.1 Å². The fraction of sp³-hybridized carbons (Fsp3) is 0.0588. The van der Waals surface area contributed by atoms with Crippen LogP contribution in [-0.2, 0) is 5.41 Å². The maximum Gasteiger partial charge on any atom is 0.153 e. The smallest absolute Gasteiger partial charge is 0.153 e. The first-order chi connectivity index (χ1) is 27.0. The number of benzene rings is 8. The molecule has 0 fully saturated rings. The third kappa shape index (κ3) is 4.92. The highest BCUT2D eigenvalue weighted by molar-refractivity contribution is 6.06. The number of anilines is 6. The number of hydrogen-bond acceptors (Lipinski definition) is 4. The Labute approximate surface area is 320 Å². The molecule has 11 rings (SSSR count). The van der Waals surface area contributed by atoms with Gasteiger partial charge in [0.1, 0.15) is 11.2 Å². The first kappa shape index (κ1) is 31.5. The van der Waals surface area contributed by atoms with E-state index in [1.165, 1.54) is 27.8 Å². The van der Waals surface area contributed by atoms with Gasteiger partial charge in [-0.25, -0.2) is 0 Å². The molecule has 1 aliphatic heterocycles. The monoisotopic (exact) mass is 708 g/mol. The number of para-hydroxylation sites is 3. The van der Waals surface area contributed by atoms with Crippen molar-refractivity contribution in [3.05, 3.63) is 193 Å². The van der Waals surface area contributed by atoms with Crippen molar-refractivity contribution < 1.29 is 9.15 Å². The molecule has 9 aromatic rings. The Hall–Kier alpha value is -7.04. The van der Waals surface area contributed by atoms with Gasteiger partial charge < -0.3 is 19.0 Å². The van der Waals surface area contributed by atoms with Crippen LogP contribution in [0.25, 0.3) is 44.2 Å². The van der Waals surface area contributed by atoms with E-state index in [0.29, 0.717) is 0 Å². The SMILES string of the molecule is CC1(C)c2ccccc2-c2cc(N(c3cccc(-c4ccccc4)c3)c3ccc4c(c3)Oc3ccccc3N4c3ccc4c(c3)oc3ccccc34)ccc21. The first-order valence-electron chi connectivity index (χ1n) is 18.8. The van der Waals surface area contributed by atoms with Gasteiger partial charge in [-0.1, -0.05) is 117 Å². The molecule has 0 spiro atoms. The van der Waals surface area contributed by atoms with Gasteiger partial charge in [0.05, 0.1) is 17.1 Å². The van der Waals surface area contributed by atoms with Crippen LogP contribution in [0.2, 0.25) is 0 Å². The van der Waals surface area contributed by atoms with E-state index in [4.69, 9.17) is 9.15 Å². The lowest BCUT2D eigenvalue weighted by Crippen LogP contribution is -2.17. The van der Waals surface area contributed by atoms with Gasteiger partial charge in [0.15, 0.2) is 11.5 Å². The molecule has 0 atom stereocenters. The standard InChI is InChI=1S/C51H36N2O2/c1-51(2)43-19-8-6-17-39(43)42-30-36(24-27-44(42)51)52(35-16-12-15-34(29-35)33-13-4-3-5-14-33)37-25-28-46-50(32-37)55-48-22-11-9-20-45(48)53(46)38-23-26-41-40-18-7-10-21-47(40)54-49(41)31-38/h3-32H,1-2H3. The highest BCUT2D eigenvalue weighted by Crippen LogP contribution is 2.54. The van der Waals surface area contributed by atoms with Crippen LogP contribution in [0.1, 0.15) is 25.0 Å². The summed E-state index contributed by atoms with van der Waals surface area (Å²) in [7, 11) is 0. The molecule has 55 heavy (non-hydrogen) atoms. The van der Waals surface area contributed by atoms with Gasteiger partial charge in [-0.05, 0) is 100 Å². The van der Waals surface area contributed by atoms with Gasteiger partial charge in [-0.15, -0.1) is 0 Å². The fourth-order valence-corrected chi connectivity index (χ4v) is 8.77. The van der Waals surface area contributed by atoms with Crippen molar-refractivity contribution in [2.45, 2.75) is 19.3 Å². The average Bonchev–Trinajstić information content (AvgIpc) is 3.71. The van der Waals surface area contributed by atoms with Gasteiger partial charge in [0, 0.05) is 45.4 Å². The zero-order valence-electron chi connectivity index (χ0n) is 30.5. The maximum atomic E-state index is 6.78. The minimum absolute atomic E-state index is 0.0790. The summed E-state index contributed by atoms with van der Waals surface area (Å²) in [6, 6.07) is 64.7. The molecule has 0 unspecified atom stereocenters. The molecular weight excluding hydrogens is 673 g/mol. The minimum atomic E-state index is -0.0790. The molecule has 0 radical (unpaired) electrons. The minimum Gasteiger partial charge on any atom is -0.456 e. The third-order valence-corrected chi connectivity index (χ3v) is 11.4. The van der Waals surface area contributed by atoms with Gasteiger partial charge in [-0.3, -0.25) is 0 Å². The second-order valence-electron chi connectivity index (χ2n) is 15.0. The molecule has 4 heteroatoms. The fourth-order valence-electron chi connectivity index (χ4n) is 8.77. The van der Waals surface area contributed by atoms with Crippen molar-refractivity contribution in [2.75, 3.05) is 9.80 Å². The second kappa shape index (κ2) is 12.0. The lowest BCUT2D eigenvalue weighted by atomic mass is 9.82. The average molecular weight is 709 g/mol. The molecule has 0 saturated carbocycles. The third-order valence-electron chi connectivity index (χ3n) is 11.4. The molecule has 0 N–H and O–H groups in total. The molecule has 262 valence electrons. The Morgan fingerprint density at radius 3 is 2.07 bits per heavy atom. The van der Waals surface area contributed by atoms with Crippen LogP contribution in [0, 0.1) is 0 Å². The number of hydrogen-bond donors (Lipinski definition) is 0. The molecule has 0 saturated heterocycles. The normalized spacial score (nSPS) is 13.5. The molecule has 1 aliphatic carbocycles. The predicted octanol–water partition coefficient (Wildman–Crippen LogP) is 14.6. The summed E-state index contributed by atoms with van der Waals surface area (Å²) in [6.07, 6.45) is 0. The Bertz CT molecular complexity index is 2960. The molecule has 2 heterocycles. The highest BCUT2D eigenvalue weighted by atomic mass is 16.5. The van der Waals surface area contributed by atoms with Crippen molar-refractivity contribution in [2.24, 2.45) is 0 Å². The first-order valence-corrected chi connectivity index (χ1v) is 18.8. The summed E-state index contributed by atoms with van der Waals surface area (Å²) >= 11 is 0. The molecule has 2 aliphatic rings. The summed E-state index contributed by atoms with van der Waals surface area (Å²) < 4.78 is 13.1. The highest BCUT2D eigenvalue weighted by Gasteiger charge is 2.36. The van der Waals surface area contributed by atoms with Crippen LogP contribution in [0.5, 0.6) is 11.5 Å². The van der Waals surface area contributed by atoms with Gasteiger partial charge in [0.25, 0.3) is 0 Å². The van der Waals surface area contributed by atoms with E-state index >= 15 is 0 Å². The van der Waals surface area contributed by atoms with Crippen LogP contribution < -0.4 is 14.5 Å². The Kier molecular flexibility index (Phi) is 6.86. The topological polar surface area (TPSA) is 28.9 Å². The van der Waals surface area contributed by atoms with E-state index in [-0.39, 0.29) is 5.41 Å². The van der Waals surface area contributed by atoms with Crippen LogP contribution in [0.4, 0.5) is 34.1 Å². The van der Waals surface area contributed by atoms with E-state index in [9.17, 15) is 0 Å². The van der Waals surface area contributed by atoms with Crippen molar-refractivity contribution in [1.29, 1.82) is 0 Å². The van der Waals surface area contributed by atoms with E-state index in [2.05, 4.69) is 181 Å². The number of nitrogens with zero attached hydrogens (tertiary/aromatic N) is 2. The quantitative estimate of drug-likeness (QED) is 0.178. The second-order valence-corrected chi connectivity index (χ2v) is 15.0. The molecule has 0 bridgehead atoms. The summed E-state index contributed by atoms with van der Waals surface area (Å²) in [5, 5.41) is 2.22. The molecule has 8 aromatic carbocycles. The number of fused-ring (bicyclic) bond motifs is 8. The van der Waals surface area contributed by atoms with Crippen LogP contribution in [0.15, 0.2) is 186 Å². The van der Waals surface area contributed by atoms with E-state index in [1.54, 1.807) is 0 Å². The lowest BCUT2D eigenvalue weighted by Gasteiger charge is -2.34. The van der Waals surface area contributed by atoms with Crippen LogP contribution >= 0.6 is 0 Å². The Morgan fingerprint density at radius 2 is 1.15 bits per heavy atom. The van der Waals surface area contributed by atoms with E-state index in [1.807, 2.05) is 24.3 Å².